The van der Waals surface area contributed by atoms with Crippen LogP contribution in [0.25, 0.3) is 0 Å². The second-order valence-electron chi connectivity index (χ2n) is 12.3. The molecule has 0 nitrogen and oxygen atoms in total. The maximum Gasteiger partial charge on any atom is 0.00958 e. The molecule has 0 aliphatic heterocycles. The third-order valence-electron chi connectivity index (χ3n) is 6.22. The van der Waals surface area contributed by atoms with Gasteiger partial charge < -0.3 is 0 Å². The minimum atomic E-state index is -0.558. The Morgan fingerprint density at radius 1 is 0.588 bits per heavy atom. The highest BCUT2D eigenvalue weighted by Crippen LogP contribution is 2.41. The van der Waals surface area contributed by atoms with Crippen LogP contribution in [-0.4, -0.2) is 5.03 Å². The van der Waals surface area contributed by atoms with Gasteiger partial charge in [0.15, 0.2) is 0 Å². The van der Waals surface area contributed by atoms with Crippen molar-refractivity contribution in [3.8, 4) is 0 Å². The molecule has 0 aromatic heterocycles. The summed E-state index contributed by atoms with van der Waals surface area (Å²) in [6.45, 7) is 23.6. The van der Waals surface area contributed by atoms with Gasteiger partial charge in [-0.25, -0.2) is 0 Å². The van der Waals surface area contributed by atoms with E-state index in [9.17, 15) is 0 Å². The predicted octanol–water partition coefficient (Wildman–Crippen LogP) is 8.43. The van der Waals surface area contributed by atoms with Gasteiger partial charge in [-0.1, -0.05) is 143 Å². The molecule has 0 N–H and O–H groups in total. The summed E-state index contributed by atoms with van der Waals surface area (Å²) < 4.78 is 0. The van der Waals surface area contributed by atoms with Crippen molar-refractivity contribution in [2.75, 3.05) is 0 Å². The van der Waals surface area contributed by atoms with E-state index in [1.807, 2.05) is 0 Å². The minimum absolute atomic E-state index is 0.0755. The van der Waals surface area contributed by atoms with Gasteiger partial charge in [0.1, 0.15) is 0 Å². The van der Waals surface area contributed by atoms with Gasteiger partial charge in [0.2, 0.25) is 0 Å². The third-order valence-corrected chi connectivity index (χ3v) is 10.4. The normalized spacial score (nSPS) is 13.4. The Morgan fingerprint density at radius 3 is 1.29 bits per heavy atom. The van der Waals surface area contributed by atoms with Crippen LogP contribution in [0.1, 0.15) is 85.9 Å². The number of hydrogen-bond acceptors (Lipinski definition) is 0. The van der Waals surface area contributed by atoms with Crippen molar-refractivity contribution < 1.29 is 0 Å². The molecule has 0 aliphatic rings. The lowest BCUT2D eigenvalue weighted by Gasteiger charge is -2.33. The highest BCUT2D eigenvalue weighted by molar-refractivity contribution is 7.95. The number of benzene rings is 3. The van der Waals surface area contributed by atoms with Crippen molar-refractivity contribution in [1.29, 1.82) is 0 Å². The molecule has 3 aromatic rings. The van der Waals surface area contributed by atoms with E-state index < -0.39 is 7.92 Å². The zero-order valence-electron chi connectivity index (χ0n) is 22.8. The first-order chi connectivity index (χ1) is 15.7. The zero-order chi connectivity index (χ0) is 25.3. The average molecular weight is 489 g/mol. The van der Waals surface area contributed by atoms with E-state index >= 15 is 0 Å². The molecule has 3 rings (SSSR count). The van der Waals surface area contributed by atoms with E-state index in [4.69, 9.17) is 0 Å². The largest absolute Gasteiger partial charge is 0.0634 e. The molecule has 0 spiro atoms. The summed E-state index contributed by atoms with van der Waals surface area (Å²) in [7, 11) is 0.788. The second kappa shape index (κ2) is 10.1. The lowest BCUT2D eigenvalue weighted by atomic mass is 9.75. The van der Waals surface area contributed by atoms with E-state index in [1.54, 1.807) is 0 Å². The first-order valence-electron chi connectivity index (χ1n) is 12.3. The maximum absolute atomic E-state index is 2.50. The molecule has 3 aromatic carbocycles. The van der Waals surface area contributed by atoms with Crippen LogP contribution < -0.4 is 15.9 Å². The Kier molecular flexibility index (Phi) is 7.97. The van der Waals surface area contributed by atoms with Crippen LogP contribution in [0.3, 0.4) is 0 Å². The summed E-state index contributed by atoms with van der Waals surface area (Å²) in [5, 5.41) is 5.89. The summed E-state index contributed by atoms with van der Waals surface area (Å²) in [4.78, 5) is 0. The molecule has 0 saturated heterocycles. The van der Waals surface area contributed by atoms with Crippen molar-refractivity contribution in [2.45, 2.75) is 85.5 Å². The quantitative estimate of drug-likeness (QED) is 0.323. The van der Waals surface area contributed by atoms with Gasteiger partial charge in [-0.05, 0) is 63.4 Å². The molecule has 0 radical (unpaired) electrons. The van der Waals surface area contributed by atoms with Gasteiger partial charge in [-0.3, -0.25) is 0 Å². The Morgan fingerprint density at radius 2 is 0.971 bits per heavy atom. The van der Waals surface area contributed by atoms with Crippen molar-refractivity contribution in [2.24, 2.45) is 0 Å². The van der Waals surface area contributed by atoms with Crippen molar-refractivity contribution in [1.82, 2.24) is 0 Å². The van der Waals surface area contributed by atoms with Crippen LogP contribution in [0.5, 0.6) is 0 Å². The maximum atomic E-state index is 2.50. The lowest BCUT2D eigenvalue weighted by Crippen LogP contribution is -2.30. The van der Waals surface area contributed by atoms with Gasteiger partial charge >= 0.3 is 0 Å². The van der Waals surface area contributed by atoms with E-state index in [0.717, 1.165) is 0 Å². The number of hydrogen-bond donors (Lipinski definition) is 0. The predicted molar refractivity (Wildman–Crippen MR) is 159 cm³/mol. The first kappa shape index (κ1) is 26.9. The summed E-state index contributed by atoms with van der Waals surface area (Å²) >= 11 is 0. The standard InChI is InChI=1S/C32H42P2/c1-23(34(25-17-13-11-14-18-25)26-19-15-12-16-20-26)33-29-27(31(5,6)7)21-24(30(2,3)4)22-28(29)32(8,9)10/h11-22H,1-10H3. The van der Waals surface area contributed by atoms with Gasteiger partial charge in [0.25, 0.3) is 0 Å². The van der Waals surface area contributed by atoms with Crippen LogP contribution in [0.2, 0.25) is 0 Å². The Labute approximate surface area is 211 Å². The average Bonchev–Trinajstić information content (AvgIpc) is 2.73. The SMILES string of the molecule is CC(=Pc1c(C(C)(C)C)cc(C(C)(C)C)cc1C(C)(C)C)P(c1ccccc1)c1ccccc1. The van der Waals surface area contributed by atoms with Gasteiger partial charge in [-0.2, -0.15) is 0 Å². The summed E-state index contributed by atoms with van der Waals surface area (Å²) in [5.41, 5.74) is 4.68. The molecule has 0 fully saturated rings. The van der Waals surface area contributed by atoms with Crippen molar-refractivity contribution >= 4 is 37.1 Å². The lowest BCUT2D eigenvalue weighted by molar-refractivity contribution is 0.554. The van der Waals surface area contributed by atoms with Gasteiger partial charge in [-0.15, -0.1) is 0 Å². The molecular weight excluding hydrogens is 446 g/mol. The molecule has 0 bridgehead atoms. The molecule has 0 saturated carbocycles. The summed E-state index contributed by atoms with van der Waals surface area (Å²) in [6.07, 6.45) is 0. The Bertz CT molecular complexity index is 1060. The number of rotatable bonds is 4. The smallest absolute Gasteiger partial charge is 0.00958 e. The van der Waals surface area contributed by atoms with Gasteiger partial charge in [0, 0.05) is 5.30 Å². The van der Waals surface area contributed by atoms with E-state index in [2.05, 4.69) is 142 Å². The fourth-order valence-electron chi connectivity index (χ4n) is 4.22. The van der Waals surface area contributed by atoms with Crippen molar-refractivity contribution in [3.05, 3.63) is 89.5 Å². The minimum Gasteiger partial charge on any atom is -0.0634 e. The van der Waals surface area contributed by atoms with Crippen molar-refractivity contribution in [3.63, 3.8) is 0 Å². The zero-order valence-corrected chi connectivity index (χ0v) is 24.6. The highest BCUT2D eigenvalue weighted by atomic mass is 31.1. The first-order valence-corrected chi connectivity index (χ1v) is 14.6. The fraction of sp³-hybridized carbons (Fsp3) is 0.406. The second-order valence-corrected chi connectivity index (χ2v) is 16.4. The van der Waals surface area contributed by atoms with Gasteiger partial charge in [0.05, 0.1) is 0 Å². The Balaban J connectivity index is 2.33. The fourth-order valence-corrected chi connectivity index (χ4v) is 8.96. The molecule has 0 heterocycles. The van der Waals surface area contributed by atoms with E-state index in [-0.39, 0.29) is 16.2 Å². The van der Waals surface area contributed by atoms with Crippen LogP contribution in [0.4, 0.5) is 0 Å². The van der Waals surface area contributed by atoms with E-state index in [0.29, 0.717) is 0 Å². The molecule has 180 valence electrons. The van der Waals surface area contributed by atoms with Crippen LogP contribution in [0, 0.1) is 0 Å². The van der Waals surface area contributed by atoms with E-state index in [1.165, 1.54) is 45.8 Å². The molecule has 0 amide bonds. The molecule has 2 heteroatoms. The Hall–Kier alpha value is -1.74. The molecular formula is C32H42P2. The topological polar surface area (TPSA) is 0 Å². The molecule has 0 aliphatic carbocycles. The highest BCUT2D eigenvalue weighted by Gasteiger charge is 2.29. The molecule has 0 unspecified atom stereocenters. The van der Waals surface area contributed by atoms with Crippen LogP contribution in [0.15, 0.2) is 72.8 Å². The summed E-state index contributed by atoms with van der Waals surface area (Å²) in [6, 6.07) is 27.2. The molecule has 0 atom stereocenters. The van der Waals surface area contributed by atoms with Crippen LogP contribution in [-0.2, 0) is 16.2 Å². The third kappa shape index (κ3) is 6.27. The molecule has 34 heavy (non-hydrogen) atoms. The van der Waals surface area contributed by atoms with Crippen LogP contribution >= 0.6 is 16.1 Å². The monoisotopic (exact) mass is 488 g/mol. The summed E-state index contributed by atoms with van der Waals surface area (Å²) in [5.74, 6) is 0.